The SMILES string of the molecule is C=C(/C=C/C1=C(N2CCC(C(=O)O)CC2)C(=C/C=C2\N(C)c3ccc(C)cc3C2(C)C)/CCC1)C(C)(C)c1cc(S(=O)(=O)O)ccc1C. The Morgan fingerprint density at radius 3 is 2.38 bits per heavy atom. The Labute approximate surface area is 286 Å². The molecule has 0 unspecified atom stereocenters. The van der Waals surface area contributed by atoms with E-state index in [4.69, 9.17) is 0 Å². The van der Waals surface area contributed by atoms with Crippen LogP contribution in [0.4, 0.5) is 5.69 Å². The highest BCUT2D eigenvalue weighted by Gasteiger charge is 2.38. The summed E-state index contributed by atoms with van der Waals surface area (Å²) in [6.07, 6.45) is 12.8. The van der Waals surface area contributed by atoms with Crippen LogP contribution in [0.2, 0.25) is 0 Å². The lowest BCUT2D eigenvalue weighted by atomic mass is 9.76. The van der Waals surface area contributed by atoms with Gasteiger partial charge in [-0.1, -0.05) is 76.3 Å². The van der Waals surface area contributed by atoms with Crippen molar-refractivity contribution in [2.75, 3.05) is 25.0 Å². The molecule has 8 heteroatoms. The molecule has 0 spiro atoms. The van der Waals surface area contributed by atoms with E-state index in [0.29, 0.717) is 25.9 Å². The van der Waals surface area contributed by atoms with Crippen LogP contribution in [0.25, 0.3) is 0 Å². The maximum Gasteiger partial charge on any atom is 0.306 e. The normalized spacial score (nSPS) is 20.7. The average molecular weight is 671 g/mol. The molecular formula is C40H50N2O5S. The summed E-state index contributed by atoms with van der Waals surface area (Å²) >= 11 is 0. The minimum Gasteiger partial charge on any atom is -0.481 e. The maximum absolute atomic E-state index is 11.9. The third kappa shape index (κ3) is 6.83. The molecule has 1 fully saturated rings. The molecule has 2 N–H and O–H groups in total. The Morgan fingerprint density at radius 2 is 1.73 bits per heavy atom. The summed E-state index contributed by atoms with van der Waals surface area (Å²) in [5.74, 6) is -1.04. The van der Waals surface area contributed by atoms with Crippen LogP contribution in [0.15, 0.2) is 100 Å². The molecule has 0 saturated carbocycles. The second-order valence-electron chi connectivity index (χ2n) is 14.7. The van der Waals surface area contributed by atoms with Gasteiger partial charge in [-0.25, -0.2) is 0 Å². The van der Waals surface area contributed by atoms with Crippen molar-refractivity contribution in [3.05, 3.63) is 118 Å². The molecule has 5 rings (SSSR count). The third-order valence-electron chi connectivity index (χ3n) is 10.8. The number of carboxylic acid groups (broad SMARTS) is 1. The van der Waals surface area contributed by atoms with Crippen molar-refractivity contribution in [3.63, 3.8) is 0 Å². The summed E-state index contributed by atoms with van der Waals surface area (Å²) in [5, 5.41) is 9.68. The Kier molecular flexibility index (Phi) is 9.74. The predicted octanol–water partition coefficient (Wildman–Crippen LogP) is 8.41. The Hall–Kier alpha value is -3.88. The fourth-order valence-electron chi connectivity index (χ4n) is 7.64. The maximum atomic E-state index is 11.9. The number of aliphatic carboxylic acids is 1. The first-order chi connectivity index (χ1) is 22.4. The van der Waals surface area contributed by atoms with Gasteiger partial charge in [0.25, 0.3) is 10.1 Å². The van der Waals surface area contributed by atoms with E-state index >= 15 is 0 Å². The number of likely N-dealkylation sites (N-methyl/N-ethyl adjacent to an activating group) is 1. The average Bonchev–Trinajstić information content (AvgIpc) is 3.21. The van der Waals surface area contributed by atoms with E-state index in [1.54, 1.807) is 6.07 Å². The molecule has 7 nitrogen and oxygen atoms in total. The molecule has 2 aliphatic heterocycles. The van der Waals surface area contributed by atoms with Crippen LogP contribution < -0.4 is 4.90 Å². The van der Waals surface area contributed by atoms with Crippen LogP contribution in [0.1, 0.15) is 82.1 Å². The summed E-state index contributed by atoms with van der Waals surface area (Å²) in [4.78, 5) is 16.3. The number of aryl methyl sites for hydroxylation is 2. The van der Waals surface area contributed by atoms with Gasteiger partial charge in [-0.2, -0.15) is 8.42 Å². The number of rotatable bonds is 8. The molecule has 1 aliphatic carbocycles. The summed E-state index contributed by atoms with van der Waals surface area (Å²) in [7, 11) is -2.21. The van der Waals surface area contributed by atoms with E-state index in [1.807, 2.05) is 26.8 Å². The van der Waals surface area contributed by atoms with E-state index in [0.717, 1.165) is 36.0 Å². The van der Waals surface area contributed by atoms with E-state index in [9.17, 15) is 22.9 Å². The lowest BCUT2D eigenvalue weighted by molar-refractivity contribution is -0.143. The molecule has 256 valence electrons. The molecule has 3 aliphatic rings. The molecular weight excluding hydrogens is 621 g/mol. The largest absolute Gasteiger partial charge is 0.481 e. The van der Waals surface area contributed by atoms with Crippen molar-refractivity contribution in [1.29, 1.82) is 0 Å². The zero-order valence-electron chi connectivity index (χ0n) is 29.4. The first kappa shape index (κ1) is 35.4. The number of allylic oxidation sites excluding steroid dienone is 8. The van der Waals surface area contributed by atoms with Crippen molar-refractivity contribution >= 4 is 21.8 Å². The zero-order chi connectivity index (χ0) is 35.2. The van der Waals surface area contributed by atoms with Crippen LogP contribution in [0, 0.1) is 19.8 Å². The number of carbonyl (C=O) groups is 1. The van der Waals surface area contributed by atoms with Crippen molar-refractivity contribution in [3.8, 4) is 0 Å². The lowest BCUT2D eigenvalue weighted by Gasteiger charge is -2.38. The molecule has 2 aromatic carbocycles. The number of likely N-dealkylation sites (tertiary alicyclic amines) is 1. The van der Waals surface area contributed by atoms with Crippen LogP contribution in [0.5, 0.6) is 0 Å². The topological polar surface area (TPSA) is 98.2 Å². The molecule has 0 aromatic heterocycles. The van der Waals surface area contributed by atoms with Gasteiger partial charge in [-0.15, -0.1) is 0 Å². The van der Waals surface area contributed by atoms with E-state index < -0.39 is 21.5 Å². The number of hydrogen-bond acceptors (Lipinski definition) is 5. The highest BCUT2D eigenvalue weighted by Crippen LogP contribution is 2.47. The Balaban J connectivity index is 1.54. The number of nitrogens with zero attached hydrogens (tertiary/aromatic N) is 2. The fourth-order valence-corrected chi connectivity index (χ4v) is 8.15. The van der Waals surface area contributed by atoms with Gasteiger partial charge in [0.05, 0.1) is 10.8 Å². The molecule has 2 heterocycles. The summed E-state index contributed by atoms with van der Waals surface area (Å²) in [6.45, 7) is 18.4. The monoisotopic (exact) mass is 670 g/mol. The first-order valence-corrected chi connectivity index (χ1v) is 18.3. The molecule has 0 amide bonds. The van der Waals surface area contributed by atoms with E-state index in [1.165, 1.54) is 51.5 Å². The molecule has 48 heavy (non-hydrogen) atoms. The summed E-state index contributed by atoms with van der Waals surface area (Å²) in [5.41, 5.74) is 10.4. The second kappa shape index (κ2) is 13.2. The highest BCUT2D eigenvalue weighted by molar-refractivity contribution is 7.85. The van der Waals surface area contributed by atoms with Crippen molar-refractivity contribution in [2.24, 2.45) is 5.92 Å². The first-order valence-electron chi connectivity index (χ1n) is 16.9. The summed E-state index contributed by atoms with van der Waals surface area (Å²) < 4.78 is 33.6. The molecule has 1 saturated heterocycles. The smallest absolute Gasteiger partial charge is 0.306 e. The van der Waals surface area contributed by atoms with Gasteiger partial charge in [0.1, 0.15) is 0 Å². The number of carboxylic acids is 1. The number of hydrogen-bond donors (Lipinski definition) is 2. The highest BCUT2D eigenvalue weighted by atomic mass is 32.2. The van der Waals surface area contributed by atoms with Crippen LogP contribution in [0.3, 0.4) is 0 Å². The van der Waals surface area contributed by atoms with Gasteiger partial charge in [0.2, 0.25) is 0 Å². The number of benzene rings is 2. The van der Waals surface area contributed by atoms with E-state index in [-0.39, 0.29) is 16.2 Å². The molecule has 2 aromatic rings. The second-order valence-corrected chi connectivity index (χ2v) is 16.1. The van der Waals surface area contributed by atoms with Crippen LogP contribution in [-0.4, -0.2) is 49.1 Å². The Bertz CT molecular complexity index is 1870. The lowest BCUT2D eigenvalue weighted by Crippen LogP contribution is -2.37. The summed E-state index contributed by atoms with van der Waals surface area (Å²) in [6, 6.07) is 11.3. The van der Waals surface area contributed by atoms with Gasteiger partial charge < -0.3 is 14.9 Å². The molecule has 0 bridgehead atoms. The number of anilines is 1. The standard InChI is InChI=1S/C40H50N2O5S/c1-26-12-18-35-34(24-26)40(6,7)36(41(35)8)19-16-30-11-9-10-29(37(30)42-22-20-31(21-23-42)38(43)44)15-14-28(3)39(4,5)33-25-32(48(45,46)47)17-13-27(33)2/h12-19,24-25,31H,3,9-11,20-23H2,1-2,4-8H3,(H,43,44)(H,45,46,47)/b15-14+,30-16+,36-19-. The van der Waals surface area contributed by atoms with Gasteiger partial charge in [-0.3, -0.25) is 9.35 Å². The van der Waals surface area contributed by atoms with Gasteiger partial charge in [-0.05, 0) is 104 Å². The minimum absolute atomic E-state index is 0.131. The van der Waals surface area contributed by atoms with Crippen molar-refractivity contribution < 1.29 is 22.9 Å². The van der Waals surface area contributed by atoms with Crippen LogP contribution in [-0.2, 0) is 25.7 Å². The predicted molar refractivity (Wildman–Crippen MR) is 194 cm³/mol. The Morgan fingerprint density at radius 1 is 1.04 bits per heavy atom. The van der Waals surface area contributed by atoms with Crippen molar-refractivity contribution in [1.82, 2.24) is 4.90 Å². The molecule has 0 atom stereocenters. The third-order valence-corrected chi connectivity index (χ3v) is 11.6. The quantitative estimate of drug-likeness (QED) is 0.215. The van der Waals surface area contributed by atoms with E-state index in [2.05, 4.69) is 80.6 Å². The zero-order valence-corrected chi connectivity index (χ0v) is 30.2. The van der Waals surface area contributed by atoms with Crippen LogP contribution >= 0.6 is 0 Å². The minimum atomic E-state index is -4.34. The van der Waals surface area contributed by atoms with Gasteiger partial charge in [0, 0.05) is 48.0 Å². The number of fused-ring (bicyclic) bond motifs is 1. The number of piperidine rings is 1. The van der Waals surface area contributed by atoms with Gasteiger partial charge in [0.15, 0.2) is 0 Å². The fraction of sp³-hybridized carbons (Fsp3) is 0.425. The van der Waals surface area contributed by atoms with Gasteiger partial charge >= 0.3 is 5.97 Å². The molecule has 0 radical (unpaired) electrons. The van der Waals surface area contributed by atoms with Crippen molar-refractivity contribution in [2.45, 2.75) is 89.4 Å².